The van der Waals surface area contributed by atoms with Gasteiger partial charge in [0.1, 0.15) is 6.61 Å². The second-order valence-corrected chi connectivity index (χ2v) is 5.22. The fourth-order valence-electron chi connectivity index (χ4n) is 2.24. The molecule has 0 radical (unpaired) electrons. The average Bonchev–Trinajstić information content (AvgIpc) is 2.52. The Morgan fingerprint density at radius 1 is 1.57 bits per heavy atom. The number of hydrogen-bond acceptors (Lipinski definition) is 5. The number of non-ortho nitro benzene ring substituents is 1. The van der Waals surface area contributed by atoms with Gasteiger partial charge in [-0.15, -0.1) is 0 Å². The highest BCUT2D eigenvalue weighted by Gasteiger charge is 2.31. The van der Waals surface area contributed by atoms with Crippen molar-refractivity contribution in [3.63, 3.8) is 0 Å². The number of nitrogens with one attached hydrogen (secondary N) is 2. The van der Waals surface area contributed by atoms with Crippen LogP contribution in [0.2, 0.25) is 0 Å². The Hall–Kier alpha value is -2.74. The van der Waals surface area contributed by atoms with Crippen LogP contribution in [-0.2, 0) is 9.53 Å². The fourth-order valence-corrected chi connectivity index (χ4v) is 2.52. The van der Waals surface area contributed by atoms with Crippen molar-refractivity contribution >= 4 is 29.0 Å². The van der Waals surface area contributed by atoms with Gasteiger partial charge in [-0.2, -0.15) is 0 Å². The summed E-state index contributed by atoms with van der Waals surface area (Å²) >= 11 is 5.11. The Bertz CT molecular complexity index is 714. The van der Waals surface area contributed by atoms with Gasteiger partial charge in [-0.1, -0.05) is 24.8 Å². The van der Waals surface area contributed by atoms with Crippen LogP contribution in [0.5, 0.6) is 0 Å². The number of allylic oxidation sites excluding steroid dienone is 1. The van der Waals surface area contributed by atoms with E-state index in [1.165, 1.54) is 18.2 Å². The van der Waals surface area contributed by atoms with Gasteiger partial charge < -0.3 is 15.4 Å². The van der Waals surface area contributed by atoms with E-state index in [0.717, 1.165) is 0 Å². The van der Waals surface area contributed by atoms with Crippen molar-refractivity contribution in [1.29, 1.82) is 0 Å². The SMILES string of the molecule is C=CCOC(=O)C1=C(C)NC(=S)N[C@@H]1c1cccc([N+](=O)[O-])c1. The third kappa shape index (κ3) is 3.72. The molecule has 0 aromatic heterocycles. The van der Waals surface area contributed by atoms with Crippen LogP contribution in [0.1, 0.15) is 18.5 Å². The molecule has 0 unspecified atom stereocenters. The topological polar surface area (TPSA) is 93.5 Å². The highest BCUT2D eigenvalue weighted by atomic mass is 32.1. The van der Waals surface area contributed by atoms with E-state index < -0.39 is 16.9 Å². The van der Waals surface area contributed by atoms with Crippen LogP contribution in [-0.4, -0.2) is 22.6 Å². The van der Waals surface area contributed by atoms with Crippen molar-refractivity contribution in [2.75, 3.05) is 6.61 Å². The summed E-state index contributed by atoms with van der Waals surface area (Å²) in [5.41, 5.74) is 1.35. The van der Waals surface area contributed by atoms with Gasteiger partial charge in [0.05, 0.1) is 16.5 Å². The molecule has 8 heteroatoms. The smallest absolute Gasteiger partial charge is 0.338 e. The molecule has 0 saturated carbocycles. The fraction of sp³-hybridized carbons (Fsp3) is 0.200. The summed E-state index contributed by atoms with van der Waals surface area (Å²) in [5, 5.41) is 17.1. The van der Waals surface area contributed by atoms with E-state index in [-0.39, 0.29) is 12.3 Å². The average molecular weight is 333 g/mol. The predicted octanol–water partition coefficient (Wildman–Crippen LogP) is 2.12. The first-order chi connectivity index (χ1) is 10.9. The molecule has 0 aliphatic carbocycles. The Balaban J connectivity index is 2.44. The highest BCUT2D eigenvalue weighted by molar-refractivity contribution is 7.80. The second-order valence-electron chi connectivity index (χ2n) is 4.81. The van der Waals surface area contributed by atoms with Gasteiger partial charge in [0.2, 0.25) is 0 Å². The van der Waals surface area contributed by atoms with Crippen LogP contribution in [0.25, 0.3) is 0 Å². The summed E-state index contributed by atoms with van der Waals surface area (Å²) in [6, 6.07) is 5.41. The number of carbonyl (C=O) groups excluding carboxylic acids is 1. The quantitative estimate of drug-likeness (QED) is 0.280. The molecule has 1 aromatic rings. The van der Waals surface area contributed by atoms with Crippen LogP contribution in [0.15, 0.2) is 48.2 Å². The summed E-state index contributed by atoms with van der Waals surface area (Å²) in [6.07, 6.45) is 1.46. The first-order valence-electron chi connectivity index (χ1n) is 6.74. The number of carbonyl (C=O) groups is 1. The van der Waals surface area contributed by atoms with Gasteiger partial charge in [-0.3, -0.25) is 10.1 Å². The monoisotopic (exact) mass is 333 g/mol. The zero-order valence-corrected chi connectivity index (χ0v) is 13.2. The van der Waals surface area contributed by atoms with Crippen molar-refractivity contribution in [3.8, 4) is 0 Å². The minimum absolute atomic E-state index is 0.0646. The third-order valence-corrected chi connectivity index (χ3v) is 3.46. The molecule has 1 heterocycles. The second kappa shape index (κ2) is 7.01. The molecule has 2 rings (SSSR count). The Morgan fingerprint density at radius 3 is 2.96 bits per heavy atom. The van der Waals surface area contributed by atoms with Crippen LogP contribution in [0.3, 0.4) is 0 Å². The lowest BCUT2D eigenvalue weighted by atomic mass is 9.95. The molecule has 0 fully saturated rings. The van der Waals surface area contributed by atoms with Crippen molar-refractivity contribution in [3.05, 3.63) is 63.9 Å². The van der Waals surface area contributed by atoms with Crippen molar-refractivity contribution in [2.45, 2.75) is 13.0 Å². The molecular formula is C15H15N3O4S. The molecule has 23 heavy (non-hydrogen) atoms. The maximum atomic E-state index is 12.3. The number of thiocarbonyl (C=S) groups is 1. The van der Waals surface area contributed by atoms with Gasteiger partial charge in [0.15, 0.2) is 5.11 Å². The Labute approximate surface area is 138 Å². The predicted molar refractivity (Wildman–Crippen MR) is 88.6 cm³/mol. The van der Waals surface area contributed by atoms with E-state index in [9.17, 15) is 14.9 Å². The number of benzene rings is 1. The molecule has 1 aliphatic rings. The van der Waals surface area contributed by atoms with Gasteiger partial charge in [-0.25, -0.2) is 4.79 Å². The normalized spacial score (nSPS) is 17.1. The summed E-state index contributed by atoms with van der Waals surface area (Å²) in [4.78, 5) is 22.8. The minimum Gasteiger partial charge on any atom is -0.458 e. The standard InChI is InChI=1S/C15H15N3O4S/c1-3-7-22-14(19)12-9(2)16-15(23)17-13(12)10-5-4-6-11(8-10)18(20)21/h3-6,8,13H,1,7H2,2H3,(H2,16,17,23)/t13-/m1/s1. The summed E-state index contributed by atoms with van der Waals surface area (Å²) in [5.74, 6) is -0.540. The van der Waals surface area contributed by atoms with E-state index in [4.69, 9.17) is 17.0 Å². The number of esters is 1. The number of hydrogen-bond donors (Lipinski definition) is 2. The van der Waals surface area contributed by atoms with Crippen LogP contribution in [0.4, 0.5) is 5.69 Å². The number of nitro groups is 1. The van der Waals surface area contributed by atoms with Gasteiger partial charge in [0.25, 0.3) is 5.69 Å². The lowest BCUT2D eigenvalue weighted by Crippen LogP contribution is -2.45. The summed E-state index contributed by atoms with van der Waals surface area (Å²) < 4.78 is 5.09. The minimum atomic E-state index is -0.624. The van der Waals surface area contributed by atoms with Crippen LogP contribution >= 0.6 is 12.2 Å². The molecule has 7 nitrogen and oxygen atoms in total. The molecule has 0 saturated heterocycles. The molecule has 0 spiro atoms. The van der Waals surface area contributed by atoms with Gasteiger partial charge in [-0.05, 0) is 24.7 Å². The van der Waals surface area contributed by atoms with E-state index in [1.807, 2.05) is 0 Å². The number of nitrogens with zero attached hydrogens (tertiary/aromatic N) is 1. The van der Waals surface area contributed by atoms with E-state index in [2.05, 4.69) is 17.2 Å². The molecule has 120 valence electrons. The van der Waals surface area contributed by atoms with E-state index in [0.29, 0.717) is 21.9 Å². The van der Waals surface area contributed by atoms with Crippen molar-refractivity contribution in [2.24, 2.45) is 0 Å². The summed E-state index contributed by atoms with van der Waals surface area (Å²) in [7, 11) is 0. The molecule has 0 amide bonds. The summed E-state index contributed by atoms with van der Waals surface area (Å²) in [6.45, 7) is 5.26. The number of ether oxygens (including phenoxy) is 1. The zero-order chi connectivity index (χ0) is 17.0. The first-order valence-corrected chi connectivity index (χ1v) is 7.15. The van der Waals surface area contributed by atoms with Gasteiger partial charge >= 0.3 is 5.97 Å². The van der Waals surface area contributed by atoms with Crippen LogP contribution in [0, 0.1) is 10.1 Å². The highest BCUT2D eigenvalue weighted by Crippen LogP contribution is 2.29. The number of rotatable bonds is 5. The lowest BCUT2D eigenvalue weighted by Gasteiger charge is -2.29. The molecule has 2 N–H and O–H groups in total. The van der Waals surface area contributed by atoms with E-state index >= 15 is 0 Å². The molecule has 1 atom stereocenters. The largest absolute Gasteiger partial charge is 0.458 e. The Morgan fingerprint density at radius 2 is 2.30 bits per heavy atom. The molecule has 1 aromatic carbocycles. The Kier molecular flexibility index (Phi) is 5.07. The number of nitro benzene ring substituents is 1. The van der Waals surface area contributed by atoms with Crippen LogP contribution < -0.4 is 10.6 Å². The zero-order valence-electron chi connectivity index (χ0n) is 12.4. The molecular weight excluding hydrogens is 318 g/mol. The molecule has 1 aliphatic heterocycles. The van der Waals surface area contributed by atoms with Gasteiger partial charge in [0, 0.05) is 17.8 Å². The van der Waals surface area contributed by atoms with E-state index in [1.54, 1.807) is 19.1 Å². The maximum Gasteiger partial charge on any atom is 0.338 e. The first kappa shape index (κ1) is 16.6. The molecule has 0 bridgehead atoms. The maximum absolute atomic E-state index is 12.3. The lowest BCUT2D eigenvalue weighted by molar-refractivity contribution is -0.384. The third-order valence-electron chi connectivity index (χ3n) is 3.24. The van der Waals surface area contributed by atoms with Crippen molar-refractivity contribution < 1.29 is 14.5 Å². The van der Waals surface area contributed by atoms with Crippen molar-refractivity contribution in [1.82, 2.24) is 10.6 Å².